The SMILES string of the molecule is O=C1C2ON(c3cccc([N+](=O)[O-])c3)C(c3ccc(-c4ccc(Cl)c(Cl)c4)o3)C2C(=O)N1c1ccc(Cl)cc1. The molecule has 39 heavy (non-hydrogen) atoms. The summed E-state index contributed by atoms with van der Waals surface area (Å²) in [6.07, 6.45) is -1.18. The monoisotopic (exact) mass is 583 g/mol. The first kappa shape index (κ1) is 25.4. The van der Waals surface area contributed by atoms with Crippen molar-refractivity contribution >= 4 is 63.7 Å². The number of nitro groups is 1. The number of nitrogens with zero attached hydrogens (tertiary/aromatic N) is 3. The van der Waals surface area contributed by atoms with Crippen molar-refractivity contribution < 1.29 is 23.8 Å². The lowest BCUT2D eigenvalue weighted by atomic mass is 9.94. The van der Waals surface area contributed by atoms with Crippen LogP contribution in [0.4, 0.5) is 17.1 Å². The molecule has 3 unspecified atom stereocenters. The van der Waals surface area contributed by atoms with Crippen LogP contribution in [0, 0.1) is 16.0 Å². The van der Waals surface area contributed by atoms with Crippen molar-refractivity contribution in [3.63, 3.8) is 0 Å². The number of non-ortho nitro benzene ring substituents is 1. The van der Waals surface area contributed by atoms with E-state index in [1.165, 1.54) is 23.3 Å². The number of imide groups is 1. The molecular weight excluding hydrogens is 569 g/mol. The van der Waals surface area contributed by atoms with Crippen LogP contribution in [0.1, 0.15) is 11.8 Å². The Balaban J connectivity index is 1.43. The number of furan rings is 1. The van der Waals surface area contributed by atoms with Gasteiger partial charge < -0.3 is 4.42 Å². The summed E-state index contributed by atoms with van der Waals surface area (Å²) in [5.41, 5.74) is 1.10. The number of nitro benzene ring substituents is 1. The van der Waals surface area contributed by atoms with E-state index >= 15 is 0 Å². The van der Waals surface area contributed by atoms with Crippen molar-refractivity contribution in [1.29, 1.82) is 0 Å². The molecule has 0 spiro atoms. The number of halogens is 3. The van der Waals surface area contributed by atoms with E-state index in [0.717, 1.165) is 4.90 Å². The van der Waals surface area contributed by atoms with Gasteiger partial charge in [0.1, 0.15) is 23.5 Å². The number of benzene rings is 3. The highest BCUT2D eigenvalue weighted by Crippen LogP contribution is 2.49. The standard InChI is InChI=1S/C27H16Cl3N3O6/c28-15-5-7-16(8-6-15)31-26(34)23-24(22-11-10-21(38-22)14-4-9-19(29)20(30)12-14)32(39-25(23)27(31)35)17-2-1-3-18(13-17)33(36)37/h1-13,23-25H. The van der Waals surface area contributed by atoms with E-state index in [-0.39, 0.29) is 11.4 Å². The molecule has 3 atom stereocenters. The Labute approximate surface area is 236 Å². The third-order valence-corrected chi connectivity index (χ3v) is 7.61. The Kier molecular flexibility index (Phi) is 6.31. The van der Waals surface area contributed by atoms with E-state index in [2.05, 4.69) is 0 Å². The van der Waals surface area contributed by atoms with E-state index in [1.807, 2.05) is 0 Å². The molecule has 1 aromatic heterocycles. The Bertz CT molecular complexity index is 1640. The zero-order valence-corrected chi connectivity index (χ0v) is 21.9. The third-order valence-electron chi connectivity index (χ3n) is 6.62. The lowest BCUT2D eigenvalue weighted by Gasteiger charge is -2.27. The van der Waals surface area contributed by atoms with Crippen LogP contribution in [0.3, 0.4) is 0 Å². The second-order valence-electron chi connectivity index (χ2n) is 8.92. The zero-order chi connectivity index (χ0) is 27.4. The van der Waals surface area contributed by atoms with Crippen LogP contribution in [-0.4, -0.2) is 22.8 Å². The van der Waals surface area contributed by atoms with Crippen molar-refractivity contribution in [2.24, 2.45) is 5.92 Å². The number of hydrogen-bond acceptors (Lipinski definition) is 7. The molecule has 12 heteroatoms. The van der Waals surface area contributed by atoms with E-state index in [1.54, 1.807) is 60.7 Å². The van der Waals surface area contributed by atoms with Crippen molar-refractivity contribution in [2.45, 2.75) is 12.1 Å². The molecule has 2 fully saturated rings. The number of amides is 2. The van der Waals surface area contributed by atoms with E-state index in [4.69, 9.17) is 44.1 Å². The summed E-state index contributed by atoms with van der Waals surface area (Å²) >= 11 is 18.2. The summed E-state index contributed by atoms with van der Waals surface area (Å²) < 4.78 is 6.17. The normalized spacial score (nSPS) is 20.5. The van der Waals surface area contributed by atoms with Gasteiger partial charge in [0.2, 0.25) is 5.91 Å². The second kappa shape index (κ2) is 9.69. The summed E-state index contributed by atoms with van der Waals surface area (Å²) in [6, 6.07) is 19.5. The van der Waals surface area contributed by atoms with Crippen LogP contribution < -0.4 is 9.96 Å². The smallest absolute Gasteiger partial charge is 0.271 e. The second-order valence-corrected chi connectivity index (χ2v) is 10.2. The molecule has 2 amide bonds. The highest BCUT2D eigenvalue weighted by atomic mass is 35.5. The average Bonchev–Trinajstić information content (AvgIpc) is 3.62. The fraction of sp³-hybridized carbons (Fsp3) is 0.111. The van der Waals surface area contributed by atoms with Gasteiger partial charge in [-0.2, -0.15) is 0 Å². The molecule has 3 heterocycles. The summed E-state index contributed by atoms with van der Waals surface area (Å²) in [4.78, 5) is 45.2. The van der Waals surface area contributed by atoms with Crippen LogP contribution >= 0.6 is 34.8 Å². The van der Waals surface area contributed by atoms with E-state index in [0.29, 0.717) is 37.8 Å². The maximum absolute atomic E-state index is 13.8. The molecule has 0 aliphatic carbocycles. The molecular formula is C27H16Cl3N3O6. The predicted octanol–water partition coefficient (Wildman–Crippen LogP) is 6.87. The molecule has 0 bridgehead atoms. The van der Waals surface area contributed by atoms with E-state index < -0.39 is 34.8 Å². The van der Waals surface area contributed by atoms with Crippen LogP contribution in [0.2, 0.25) is 15.1 Å². The number of fused-ring (bicyclic) bond motifs is 1. The Morgan fingerprint density at radius 2 is 1.59 bits per heavy atom. The van der Waals surface area contributed by atoms with Crippen LogP contribution in [-0.2, 0) is 14.4 Å². The number of rotatable bonds is 5. The molecule has 2 aliphatic heterocycles. The zero-order valence-electron chi connectivity index (χ0n) is 19.7. The van der Waals surface area contributed by atoms with Gasteiger partial charge in [-0.25, -0.2) is 9.96 Å². The molecule has 6 rings (SSSR count). The molecule has 196 valence electrons. The summed E-state index contributed by atoms with van der Waals surface area (Å²) in [6.45, 7) is 0. The Morgan fingerprint density at radius 3 is 2.31 bits per heavy atom. The van der Waals surface area contributed by atoms with Gasteiger partial charge in [-0.1, -0.05) is 40.9 Å². The molecule has 9 nitrogen and oxygen atoms in total. The molecule has 4 aromatic rings. The summed E-state index contributed by atoms with van der Waals surface area (Å²) in [5, 5.41) is 13.9. The number of hydrogen-bond donors (Lipinski definition) is 0. The molecule has 2 saturated heterocycles. The Hall–Kier alpha value is -3.89. The quantitative estimate of drug-likeness (QED) is 0.143. The fourth-order valence-corrected chi connectivity index (χ4v) is 5.26. The van der Waals surface area contributed by atoms with Crippen molar-refractivity contribution in [2.75, 3.05) is 9.96 Å². The maximum Gasteiger partial charge on any atom is 0.271 e. The summed E-state index contributed by atoms with van der Waals surface area (Å²) in [7, 11) is 0. The molecule has 0 saturated carbocycles. The van der Waals surface area contributed by atoms with Crippen molar-refractivity contribution in [3.05, 3.63) is 110 Å². The molecule has 0 radical (unpaired) electrons. The van der Waals surface area contributed by atoms with Gasteiger partial charge in [0.15, 0.2) is 6.10 Å². The maximum atomic E-state index is 13.8. The number of anilines is 2. The van der Waals surface area contributed by atoms with E-state index in [9.17, 15) is 19.7 Å². The molecule has 0 N–H and O–H groups in total. The lowest BCUT2D eigenvalue weighted by Crippen LogP contribution is -2.37. The highest BCUT2D eigenvalue weighted by molar-refractivity contribution is 6.42. The topological polar surface area (TPSA) is 106 Å². The van der Waals surface area contributed by atoms with Gasteiger partial charge in [-0.05, 0) is 60.7 Å². The lowest BCUT2D eigenvalue weighted by molar-refractivity contribution is -0.384. The van der Waals surface area contributed by atoms with Gasteiger partial charge >= 0.3 is 0 Å². The Morgan fingerprint density at radius 1 is 0.821 bits per heavy atom. The van der Waals surface area contributed by atoms with Crippen LogP contribution in [0.25, 0.3) is 11.3 Å². The average molecular weight is 585 g/mol. The van der Waals surface area contributed by atoms with Gasteiger partial charge in [0.25, 0.3) is 11.6 Å². The molecule has 2 aliphatic rings. The van der Waals surface area contributed by atoms with Gasteiger partial charge in [0.05, 0.1) is 26.3 Å². The highest BCUT2D eigenvalue weighted by Gasteiger charge is 2.61. The fourth-order valence-electron chi connectivity index (χ4n) is 4.83. The predicted molar refractivity (Wildman–Crippen MR) is 145 cm³/mol. The van der Waals surface area contributed by atoms with Crippen LogP contribution in [0.15, 0.2) is 83.3 Å². The minimum Gasteiger partial charge on any atom is -0.459 e. The largest absolute Gasteiger partial charge is 0.459 e. The number of hydroxylamine groups is 1. The first-order chi connectivity index (χ1) is 18.7. The van der Waals surface area contributed by atoms with Gasteiger partial charge in [0, 0.05) is 22.7 Å². The summed E-state index contributed by atoms with van der Waals surface area (Å²) in [5.74, 6) is -1.31. The third kappa shape index (κ3) is 4.33. The van der Waals surface area contributed by atoms with Crippen LogP contribution in [0.5, 0.6) is 0 Å². The van der Waals surface area contributed by atoms with Crippen molar-refractivity contribution in [1.82, 2.24) is 0 Å². The minimum absolute atomic E-state index is 0.178. The number of carbonyl (C=O) groups excluding carboxylic acids is 2. The van der Waals surface area contributed by atoms with Gasteiger partial charge in [-0.3, -0.25) is 24.5 Å². The molecule has 3 aromatic carbocycles. The first-order valence-electron chi connectivity index (χ1n) is 11.6. The number of carbonyl (C=O) groups is 2. The van der Waals surface area contributed by atoms with Crippen molar-refractivity contribution in [3.8, 4) is 11.3 Å². The van der Waals surface area contributed by atoms with Gasteiger partial charge in [-0.15, -0.1) is 0 Å². The first-order valence-corrected chi connectivity index (χ1v) is 12.8. The minimum atomic E-state index is -1.18.